The van der Waals surface area contributed by atoms with Crippen LogP contribution in [-0.2, 0) is 17.1 Å². The number of hydrogen-bond acceptors (Lipinski definition) is 3. The zero-order valence-corrected chi connectivity index (χ0v) is 28.5. The Morgan fingerprint density at radius 2 is 1.47 bits per heavy atom. The van der Waals surface area contributed by atoms with E-state index in [4.69, 9.17) is 0 Å². The maximum absolute atomic E-state index is 11.1. The Kier molecular flexibility index (Phi) is 19.7. The molecule has 38 heavy (non-hydrogen) atoms. The van der Waals surface area contributed by atoms with Crippen molar-refractivity contribution in [1.29, 1.82) is 0 Å². The van der Waals surface area contributed by atoms with Crippen molar-refractivity contribution >= 4 is 36.3 Å². The maximum atomic E-state index is 11.1. The standard InChI is InChI=1S/C15H16N2O2.C5H9.3C4H9.Fe.Sn/c1-10-6-12-8-13(11-4-2-3-5-11)9-16-15(12)14(7-10)17(18)19;1-2-4-5-3-1;3*1-3-4-2;;/h6-9,11H,2-5H2,1H3;1H,2-5H2;3*1,3-4H2,2H3;;/q;-1;;;;+2;+1. The quantitative estimate of drug-likeness (QED) is 0.103. The summed E-state index contributed by atoms with van der Waals surface area (Å²) in [5.41, 5.74) is 2.74. The van der Waals surface area contributed by atoms with Crippen molar-refractivity contribution in [2.75, 3.05) is 0 Å². The van der Waals surface area contributed by atoms with Gasteiger partial charge in [-0.05, 0) is 48.9 Å². The van der Waals surface area contributed by atoms with E-state index in [0.29, 0.717) is 11.4 Å². The van der Waals surface area contributed by atoms with Gasteiger partial charge in [0.05, 0.1) is 4.92 Å². The van der Waals surface area contributed by atoms with Crippen LogP contribution >= 0.6 is 0 Å². The molecule has 1 aromatic heterocycles. The summed E-state index contributed by atoms with van der Waals surface area (Å²) in [5, 5.41) is 12.0. The second kappa shape index (κ2) is 21.1. The van der Waals surface area contributed by atoms with Crippen LogP contribution in [0.2, 0.25) is 13.3 Å². The molecule has 2 aromatic rings. The predicted octanol–water partition coefficient (Wildman–Crippen LogP) is 10.8. The zero-order chi connectivity index (χ0) is 26.9. The van der Waals surface area contributed by atoms with Gasteiger partial charge >= 0.3 is 109 Å². The first-order valence-electron chi connectivity index (χ1n) is 15.2. The van der Waals surface area contributed by atoms with E-state index in [9.17, 15) is 10.1 Å². The molecule has 4 rings (SSSR count). The number of pyridine rings is 1. The number of fused-ring (bicyclic) bond motifs is 1. The monoisotopic (exact) mass is 672 g/mol. The molecule has 1 heterocycles. The first-order chi connectivity index (χ1) is 18.0. The Labute approximate surface area is 250 Å². The first kappa shape index (κ1) is 35.4. The van der Waals surface area contributed by atoms with Gasteiger partial charge in [0.1, 0.15) is 5.52 Å². The molecule has 2 fully saturated rings. The Morgan fingerprint density at radius 3 is 1.92 bits per heavy atom. The van der Waals surface area contributed by atoms with Crippen molar-refractivity contribution in [3.8, 4) is 0 Å². The van der Waals surface area contributed by atoms with Crippen LogP contribution in [0.3, 0.4) is 0 Å². The molecule has 6 heteroatoms. The van der Waals surface area contributed by atoms with Crippen LogP contribution in [0.5, 0.6) is 0 Å². The molecule has 212 valence electrons. The number of hydrogen-bond donors (Lipinski definition) is 0. The minimum atomic E-state index is -0.839. The molecule has 4 nitrogen and oxygen atoms in total. The molecule has 2 saturated carbocycles. The number of unbranched alkanes of at least 4 members (excludes halogenated alkanes) is 3. The minimum Gasteiger partial charge on any atom is -0.328 e. The van der Waals surface area contributed by atoms with Crippen LogP contribution in [0.15, 0.2) is 24.4 Å². The fourth-order valence-electron chi connectivity index (χ4n) is 5.39. The summed E-state index contributed by atoms with van der Waals surface area (Å²) in [4.78, 5) is 15.1. The predicted molar refractivity (Wildman–Crippen MR) is 162 cm³/mol. The van der Waals surface area contributed by atoms with Gasteiger partial charge in [0.15, 0.2) is 0 Å². The summed E-state index contributed by atoms with van der Waals surface area (Å²) in [5.74, 6) is 0.580. The van der Waals surface area contributed by atoms with E-state index in [1.165, 1.54) is 95.5 Å². The summed E-state index contributed by atoms with van der Waals surface area (Å²) in [6.45, 7) is 8.88. The van der Waals surface area contributed by atoms with Gasteiger partial charge in [0, 0.05) is 17.6 Å². The number of non-ortho nitro benzene ring substituents is 1. The van der Waals surface area contributed by atoms with Crippen molar-refractivity contribution < 1.29 is 22.0 Å². The third kappa shape index (κ3) is 13.1. The van der Waals surface area contributed by atoms with E-state index >= 15 is 0 Å². The summed E-state index contributed by atoms with van der Waals surface area (Å²) in [6.07, 6.45) is 23.6. The van der Waals surface area contributed by atoms with Crippen LogP contribution in [0, 0.1) is 23.5 Å². The number of benzene rings is 1. The fourth-order valence-corrected chi connectivity index (χ4v) is 14.8. The first-order valence-corrected chi connectivity index (χ1v) is 21.2. The molecule has 0 amide bonds. The molecular formula is C32H52FeN2O2Sn+2. The number of aryl methyl sites for hydroxylation is 1. The third-order valence-electron chi connectivity index (χ3n) is 7.67. The molecule has 2 aliphatic carbocycles. The van der Waals surface area contributed by atoms with Gasteiger partial charge in [0.25, 0.3) is 5.69 Å². The summed E-state index contributed by atoms with van der Waals surface area (Å²) in [6, 6.07) is 5.65. The smallest absolute Gasteiger partial charge is 0.328 e. The molecule has 0 atom stereocenters. The number of nitro groups is 1. The van der Waals surface area contributed by atoms with Gasteiger partial charge in [-0.15, -0.1) is 0 Å². The molecule has 0 bridgehead atoms. The van der Waals surface area contributed by atoms with Gasteiger partial charge in [-0.2, -0.15) is 12.8 Å². The Balaban J connectivity index is 0.000000330. The van der Waals surface area contributed by atoms with Crippen LogP contribution in [-0.4, -0.2) is 29.7 Å². The van der Waals surface area contributed by atoms with Crippen molar-refractivity contribution in [3.63, 3.8) is 0 Å². The molecule has 1 aromatic carbocycles. The van der Waals surface area contributed by atoms with Crippen molar-refractivity contribution in [2.24, 2.45) is 0 Å². The van der Waals surface area contributed by atoms with E-state index in [0.717, 1.165) is 10.9 Å². The van der Waals surface area contributed by atoms with Crippen molar-refractivity contribution in [3.05, 3.63) is 52.1 Å². The number of aromatic nitrogens is 1. The maximum Gasteiger partial charge on any atom is 2.00 e. The Hall–Kier alpha value is -0.652. The topological polar surface area (TPSA) is 56.0 Å². The SMILES string of the molecule is CCC[CH2][Sn+]([CH2]CCC)[CH2]CCC.Cc1cc([N+](=O)[O-])c2ncc(C3CCCC3)cc2c1.[CH-]1CCCC1.[Fe+2]. The van der Waals surface area contributed by atoms with Gasteiger partial charge in [-0.25, -0.2) is 4.98 Å². The largest absolute Gasteiger partial charge is 2.00 e. The zero-order valence-electron chi connectivity index (χ0n) is 24.5. The minimum absolute atomic E-state index is 0. The molecule has 0 unspecified atom stereocenters. The van der Waals surface area contributed by atoms with Crippen LogP contribution in [0.4, 0.5) is 5.69 Å². The number of rotatable bonds is 11. The normalized spacial score (nSPS) is 14.7. The van der Waals surface area contributed by atoms with Gasteiger partial charge in [-0.1, -0.05) is 25.7 Å². The average molecular weight is 671 g/mol. The average Bonchev–Trinajstić information content (AvgIpc) is 3.65. The molecular weight excluding hydrogens is 619 g/mol. The van der Waals surface area contributed by atoms with Crippen molar-refractivity contribution in [2.45, 2.75) is 137 Å². The molecule has 0 radical (unpaired) electrons. The summed E-state index contributed by atoms with van der Waals surface area (Å²) in [7, 11) is 0. The van der Waals surface area contributed by atoms with Crippen LogP contribution in [0.1, 0.15) is 128 Å². The van der Waals surface area contributed by atoms with E-state index in [1.807, 2.05) is 19.2 Å². The van der Waals surface area contributed by atoms with E-state index in [-0.39, 0.29) is 27.7 Å². The summed E-state index contributed by atoms with van der Waals surface area (Å²) < 4.78 is 5.04. The molecule has 0 N–H and O–H groups in total. The van der Waals surface area contributed by atoms with Gasteiger partial charge < -0.3 is 6.42 Å². The fraction of sp³-hybridized carbons (Fsp3) is 0.688. The molecule has 0 spiro atoms. The number of nitrogens with zero attached hydrogens (tertiary/aromatic N) is 2. The molecule has 0 aliphatic heterocycles. The van der Waals surface area contributed by atoms with Crippen molar-refractivity contribution in [1.82, 2.24) is 4.98 Å². The van der Waals surface area contributed by atoms with E-state index < -0.39 is 19.8 Å². The summed E-state index contributed by atoms with van der Waals surface area (Å²) >= 11 is -0.839. The van der Waals surface area contributed by atoms with E-state index in [2.05, 4.69) is 38.2 Å². The third-order valence-corrected chi connectivity index (χ3v) is 16.8. The Bertz CT molecular complexity index is 887. The number of nitro benzene ring substituents is 1. The second-order valence-corrected chi connectivity index (χ2v) is 19.6. The van der Waals surface area contributed by atoms with Gasteiger partial charge in [0.2, 0.25) is 0 Å². The van der Waals surface area contributed by atoms with Gasteiger partial charge in [-0.3, -0.25) is 10.1 Å². The molecule has 0 saturated heterocycles. The van der Waals surface area contributed by atoms with Crippen LogP contribution < -0.4 is 0 Å². The molecule has 2 aliphatic rings. The van der Waals surface area contributed by atoms with Crippen LogP contribution in [0.25, 0.3) is 10.9 Å². The van der Waals surface area contributed by atoms with E-state index in [1.54, 1.807) is 19.4 Å². The Morgan fingerprint density at radius 1 is 0.921 bits per heavy atom. The second-order valence-electron chi connectivity index (χ2n) is 11.0.